The summed E-state index contributed by atoms with van der Waals surface area (Å²) in [6.45, 7) is 1.74. The van der Waals surface area contributed by atoms with Crippen LogP contribution in [0.25, 0.3) is 6.08 Å². The van der Waals surface area contributed by atoms with Gasteiger partial charge >= 0.3 is 5.97 Å². The number of hydrogen-bond acceptors (Lipinski definition) is 6. The van der Waals surface area contributed by atoms with Gasteiger partial charge in [0.25, 0.3) is 10.1 Å². The number of sulfonamides is 1. The normalized spacial score (nSPS) is 15.8. The van der Waals surface area contributed by atoms with Crippen molar-refractivity contribution >= 4 is 43.8 Å². The van der Waals surface area contributed by atoms with E-state index in [4.69, 9.17) is 15.8 Å². The predicted octanol–water partition coefficient (Wildman–Crippen LogP) is 4.53. The van der Waals surface area contributed by atoms with Crippen molar-refractivity contribution in [2.75, 3.05) is 6.61 Å². The molecule has 11 heteroatoms. The smallest absolute Gasteiger partial charge is 0.328 e. The minimum absolute atomic E-state index is 0.0663. The standard InChI is InChI=1S/C28H28ClNO7S2/c1-19-2-9-25(10-3-19)39(35,36)37-17-16-20-4-5-21-18-23(8-13-27(21)26(20)14-15-28(31)32)30-38(33,34)24-11-6-22(29)7-12-24/h2-7,9-12,14-15,23,30H,8,13,16-18H2,1H3,(H,31,32). The Morgan fingerprint density at radius 2 is 1.69 bits per heavy atom. The van der Waals surface area contributed by atoms with E-state index in [1.165, 1.54) is 42.5 Å². The van der Waals surface area contributed by atoms with Gasteiger partial charge in [0, 0.05) is 17.1 Å². The Kier molecular flexibility index (Phi) is 8.93. The van der Waals surface area contributed by atoms with Gasteiger partial charge in [0.1, 0.15) is 0 Å². The van der Waals surface area contributed by atoms with Gasteiger partial charge in [0.2, 0.25) is 10.0 Å². The molecule has 0 spiro atoms. The molecule has 0 bridgehead atoms. The quantitative estimate of drug-likeness (QED) is 0.263. The summed E-state index contributed by atoms with van der Waals surface area (Å²) >= 11 is 5.87. The zero-order valence-electron chi connectivity index (χ0n) is 21.1. The van der Waals surface area contributed by atoms with Crippen LogP contribution in [0.15, 0.2) is 76.5 Å². The summed E-state index contributed by atoms with van der Waals surface area (Å²) in [5.41, 5.74) is 4.16. The molecule has 0 aromatic heterocycles. The number of carboxylic acids is 1. The van der Waals surface area contributed by atoms with Gasteiger partial charge in [0.15, 0.2) is 0 Å². The first-order valence-electron chi connectivity index (χ1n) is 12.2. The number of rotatable bonds is 10. The van der Waals surface area contributed by atoms with Crippen LogP contribution in [0.2, 0.25) is 5.02 Å². The minimum Gasteiger partial charge on any atom is -0.478 e. The first-order chi connectivity index (χ1) is 18.4. The van der Waals surface area contributed by atoms with Crippen molar-refractivity contribution in [1.82, 2.24) is 4.72 Å². The molecule has 4 rings (SSSR count). The van der Waals surface area contributed by atoms with E-state index < -0.39 is 26.1 Å². The summed E-state index contributed by atoms with van der Waals surface area (Å²) < 4.78 is 58.8. The second kappa shape index (κ2) is 12.0. The molecular formula is C28H28ClNO7S2. The lowest BCUT2D eigenvalue weighted by molar-refractivity contribution is -0.131. The molecule has 0 aliphatic heterocycles. The summed E-state index contributed by atoms with van der Waals surface area (Å²) in [4.78, 5) is 11.5. The van der Waals surface area contributed by atoms with Crippen LogP contribution in [0, 0.1) is 6.92 Å². The van der Waals surface area contributed by atoms with Gasteiger partial charge in [-0.15, -0.1) is 0 Å². The maximum absolute atomic E-state index is 12.8. The number of fused-ring (bicyclic) bond motifs is 1. The number of carbonyl (C=O) groups is 1. The minimum atomic E-state index is -3.94. The van der Waals surface area contributed by atoms with Crippen LogP contribution in [0.5, 0.6) is 0 Å². The Hall–Kier alpha value is -3.02. The highest BCUT2D eigenvalue weighted by Gasteiger charge is 2.26. The molecule has 1 aliphatic rings. The van der Waals surface area contributed by atoms with Gasteiger partial charge in [0.05, 0.1) is 16.4 Å². The monoisotopic (exact) mass is 589 g/mol. The van der Waals surface area contributed by atoms with E-state index in [9.17, 15) is 26.7 Å². The van der Waals surface area contributed by atoms with E-state index in [0.29, 0.717) is 29.8 Å². The van der Waals surface area contributed by atoms with Crippen LogP contribution < -0.4 is 4.72 Å². The summed E-state index contributed by atoms with van der Waals surface area (Å²) in [6.07, 6.45) is 4.23. The van der Waals surface area contributed by atoms with Crippen molar-refractivity contribution in [1.29, 1.82) is 0 Å². The van der Waals surface area contributed by atoms with Crippen LogP contribution in [0.4, 0.5) is 0 Å². The lowest BCUT2D eigenvalue weighted by Gasteiger charge is -2.28. The summed E-state index contributed by atoms with van der Waals surface area (Å²) in [7, 11) is -7.68. The van der Waals surface area contributed by atoms with Crippen molar-refractivity contribution in [3.63, 3.8) is 0 Å². The Bertz CT molecular complexity index is 1600. The molecule has 3 aromatic rings. The molecule has 39 heavy (non-hydrogen) atoms. The van der Waals surface area contributed by atoms with Gasteiger partial charge in [-0.1, -0.05) is 41.4 Å². The van der Waals surface area contributed by atoms with E-state index in [1.807, 2.05) is 13.0 Å². The van der Waals surface area contributed by atoms with E-state index in [2.05, 4.69) is 4.72 Å². The number of halogens is 1. The molecule has 206 valence electrons. The number of aliphatic carboxylic acids is 1. The van der Waals surface area contributed by atoms with Gasteiger partial charge in [-0.3, -0.25) is 4.18 Å². The molecule has 2 N–H and O–H groups in total. The predicted molar refractivity (Wildman–Crippen MR) is 149 cm³/mol. The Labute approximate surface area is 233 Å². The molecular weight excluding hydrogens is 562 g/mol. The fraction of sp³-hybridized carbons (Fsp3) is 0.250. The lowest BCUT2D eigenvalue weighted by atomic mass is 9.83. The highest BCUT2D eigenvalue weighted by molar-refractivity contribution is 7.89. The fourth-order valence-electron chi connectivity index (χ4n) is 4.55. The first kappa shape index (κ1) is 29.0. The highest BCUT2D eigenvalue weighted by Crippen LogP contribution is 2.30. The molecule has 0 radical (unpaired) electrons. The highest BCUT2D eigenvalue weighted by atomic mass is 35.5. The second-order valence-corrected chi connectivity index (χ2v) is 13.1. The number of hydrogen-bond donors (Lipinski definition) is 2. The molecule has 3 aromatic carbocycles. The number of nitrogens with one attached hydrogen (secondary N) is 1. The van der Waals surface area contributed by atoms with Crippen molar-refractivity contribution < 1.29 is 30.9 Å². The first-order valence-corrected chi connectivity index (χ1v) is 15.5. The summed E-state index contributed by atoms with van der Waals surface area (Å²) in [5, 5.41) is 9.66. The molecule has 0 heterocycles. The molecule has 0 saturated carbocycles. The summed E-state index contributed by atoms with van der Waals surface area (Å²) in [5.74, 6) is -1.11. The third-order valence-corrected chi connectivity index (χ3v) is 9.63. The zero-order chi connectivity index (χ0) is 28.2. The second-order valence-electron chi connectivity index (χ2n) is 9.30. The van der Waals surface area contributed by atoms with Gasteiger partial charge in [-0.25, -0.2) is 17.9 Å². The van der Waals surface area contributed by atoms with Crippen molar-refractivity contribution in [2.45, 2.75) is 48.4 Å². The van der Waals surface area contributed by atoms with Crippen LogP contribution in [0.3, 0.4) is 0 Å². The van der Waals surface area contributed by atoms with Crippen LogP contribution in [-0.2, 0) is 48.4 Å². The fourth-order valence-corrected chi connectivity index (χ4v) is 6.85. The third-order valence-electron chi connectivity index (χ3n) is 6.51. The van der Waals surface area contributed by atoms with Crippen LogP contribution in [0.1, 0.15) is 34.2 Å². The molecule has 8 nitrogen and oxygen atoms in total. The number of aryl methyl sites for hydroxylation is 1. The Balaban J connectivity index is 1.51. The zero-order valence-corrected chi connectivity index (χ0v) is 23.5. The number of benzene rings is 3. The number of carboxylic acid groups (broad SMARTS) is 1. The Morgan fingerprint density at radius 3 is 2.36 bits per heavy atom. The van der Waals surface area contributed by atoms with Crippen LogP contribution in [-0.4, -0.2) is 40.6 Å². The van der Waals surface area contributed by atoms with Crippen molar-refractivity contribution in [3.05, 3.63) is 99.6 Å². The van der Waals surface area contributed by atoms with E-state index in [0.717, 1.165) is 28.3 Å². The molecule has 1 atom stereocenters. The molecule has 1 aliphatic carbocycles. The molecule has 0 amide bonds. The van der Waals surface area contributed by atoms with Gasteiger partial charge in [-0.2, -0.15) is 8.42 Å². The average Bonchev–Trinajstić information content (AvgIpc) is 2.88. The van der Waals surface area contributed by atoms with E-state index in [-0.39, 0.29) is 28.9 Å². The van der Waals surface area contributed by atoms with Gasteiger partial charge < -0.3 is 5.11 Å². The largest absolute Gasteiger partial charge is 0.478 e. The van der Waals surface area contributed by atoms with E-state index in [1.54, 1.807) is 18.2 Å². The van der Waals surface area contributed by atoms with Crippen molar-refractivity contribution in [3.8, 4) is 0 Å². The Morgan fingerprint density at radius 1 is 1.03 bits per heavy atom. The third kappa shape index (κ3) is 7.34. The molecule has 0 fully saturated rings. The lowest BCUT2D eigenvalue weighted by Crippen LogP contribution is -2.39. The maximum atomic E-state index is 12.8. The van der Waals surface area contributed by atoms with Crippen LogP contribution >= 0.6 is 11.6 Å². The molecule has 1 unspecified atom stereocenters. The van der Waals surface area contributed by atoms with Crippen molar-refractivity contribution in [2.24, 2.45) is 0 Å². The SMILES string of the molecule is Cc1ccc(S(=O)(=O)OCCc2ccc3c(c2C=CC(=O)O)CCC(NS(=O)(=O)c2ccc(Cl)cc2)C3)cc1. The van der Waals surface area contributed by atoms with E-state index >= 15 is 0 Å². The molecule has 0 saturated heterocycles. The van der Waals surface area contributed by atoms with Gasteiger partial charge in [-0.05, 0) is 97.3 Å². The topological polar surface area (TPSA) is 127 Å². The summed E-state index contributed by atoms with van der Waals surface area (Å²) in [6, 6.07) is 15.6. The maximum Gasteiger partial charge on any atom is 0.328 e. The average molecular weight is 590 g/mol.